The van der Waals surface area contributed by atoms with Crippen LogP contribution in [0, 0.1) is 12.7 Å². The lowest BCUT2D eigenvalue weighted by atomic mass is 10.1. The predicted octanol–water partition coefficient (Wildman–Crippen LogP) is 4.26. The van der Waals surface area contributed by atoms with Crippen molar-refractivity contribution >= 4 is 37.8 Å². The molecule has 3 aliphatic rings. The highest BCUT2D eigenvalue weighted by Crippen LogP contribution is 2.36. The monoisotopic (exact) mass is 484 g/mol. The van der Waals surface area contributed by atoms with Gasteiger partial charge in [0, 0.05) is 29.6 Å². The molecule has 3 atom stereocenters. The average molecular weight is 485 g/mol. The summed E-state index contributed by atoms with van der Waals surface area (Å²) in [6, 6.07) is 8.08. The molecule has 0 saturated carbocycles. The largest absolute Gasteiger partial charge is 0.483 e. The third-order valence-electron chi connectivity index (χ3n) is 6.51. The van der Waals surface area contributed by atoms with Crippen LogP contribution in [0.15, 0.2) is 41.0 Å². The number of nitrogens with zero attached hydrogens (tertiary/aromatic N) is 3. The summed E-state index contributed by atoms with van der Waals surface area (Å²) in [4.78, 5) is 8.84. The van der Waals surface area contributed by atoms with E-state index in [9.17, 15) is 8.60 Å². The zero-order valence-corrected chi connectivity index (χ0v) is 19.5. The highest BCUT2D eigenvalue weighted by Gasteiger charge is 2.43. The van der Waals surface area contributed by atoms with Crippen LogP contribution in [0.1, 0.15) is 18.4 Å². The van der Waals surface area contributed by atoms with E-state index in [-0.39, 0.29) is 18.3 Å². The van der Waals surface area contributed by atoms with Crippen LogP contribution in [0.25, 0.3) is 10.9 Å². The quantitative estimate of drug-likeness (QED) is 0.578. The Morgan fingerprint density at radius 3 is 2.91 bits per heavy atom. The number of halogens is 1. The molecule has 8 nitrogen and oxygen atoms in total. The molecule has 0 bridgehead atoms. The van der Waals surface area contributed by atoms with Crippen molar-refractivity contribution in [2.24, 2.45) is 4.36 Å². The number of ether oxygens (including phenoxy) is 3. The van der Waals surface area contributed by atoms with Crippen LogP contribution in [0.3, 0.4) is 0 Å². The molecule has 1 aromatic heterocycles. The van der Waals surface area contributed by atoms with Gasteiger partial charge in [-0.05, 0) is 49.6 Å². The van der Waals surface area contributed by atoms with E-state index in [4.69, 9.17) is 14.2 Å². The molecule has 10 heteroatoms. The molecule has 4 heterocycles. The van der Waals surface area contributed by atoms with Crippen LogP contribution in [0.4, 0.5) is 21.6 Å². The fraction of sp³-hybridized carbons (Fsp3) is 0.417. The molecule has 0 unspecified atom stereocenters. The lowest BCUT2D eigenvalue weighted by molar-refractivity contribution is 0.0310. The summed E-state index contributed by atoms with van der Waals surface area (Å²) in [7, 11) is -2.12. The maximum absolute atomic E-state index is 14.1. The lowest BCUT2D eigenvalue weighted by Gasteiger charge is -2.21. The van der Waals surface area contributed by atoms with Gasteiger partial charge in [0.15, 0.2) is 6.10 Å². The molecule has 178 valence electrons. The number of hydrogen-bond donors (Lipinski definition) is 1. The molecule has 0 amide bonds. The molecule has 0 spiro atoms. The second kappa shape index (κ2) is 8.44. The van der Waals surface area contributed by atoms with E-state index in [1.54, 1.807) is 6.07 Å². The molecule has 3 saturated heterocycles. The SMILES string of the molecule is Cc1cc(N=S2(=O)CCC2)cc2ncnc(Nc3ccc(F)cc3O[C@@H]3CO[C@@H]4CCO[C@@H]43)c12. The van der Waals surface area contributed by atoms with Gasteiger partial charge in [-0.2, -0.15) is 4.36 Å². The molecular formula is C24H25FN4O4S. The van der Waals surface area contributed by atoms with Gasteiger partial charge in [0.2, 0.25) is 0 Å². The Kier molecular flexibility index (Phi) is 5.39. The first-order valence-electron chi connectivity index (χ1n) is 11.4. The summed E-state index contributed by atoms with van der Waals surface area (Å²) in [5, 5.41) is 4.10. The van der Waals surface area contributed by atoms with Crippen LogP contribution >= 0.6 is 0 Å². The van der Waals surface area contributed by atoms with Gasteiger partial charge in [-0.1, -0.05) is 0 Å². The zero-order valence-electron chi connectivity index (χ0n) is 18.7. The highest BCUT2D eigenvalue weighted by atomic mass is 32.2. The maximum atomic E-state index is 14.1. The summed E-state index contributed by atoms with van der Waals surface area (Å²) in [5.41, 5.74) is 2.83. The first-order chi connectivity index (χ1) is 16.5. The van der Waals surface area contributed by atoms with Crippen molar-refractivity contribution in [1.29, 1.82) is 0 Å². The smallest absolute Gasteiger partial charge is 0.151 e. The first-order valence-corrected chi connectivity index (χ1v) is 13.3. The van der Waals surface area contributed by atoms with Crippen molar-refractivity contribution in [2.45, 2.75) is 38.1 Å². The fourth-order valence-corrected chi connectivity index (χ4v) is 6.17. The van der Waals surface area contributed by atoms with Crippen LogP contribution < -0.4 is 10.1 Å². The van der Waals surface area contributed by atoms with Gasteiger partial charge < -0.3 is 19.5 Å². The normalized spacial score (nSPS) is 25.1. The van der Waals surface area contributed by atoms with Crippen molar-refractivity contribution < 1.29 is 22.8 Å². The Hall–Kier alpha value is -2.82. The molecule has 34 heavy (non-hydrogen) atoms. The lowest BCUT2D eigenvalue weighted by Crippen LogP contribution is -2.32. The fourth-order valence-electron chi connectivity index (χ4n) is 4.71. The third-order valence-corrected chi connectivity index (χ3v) is 8.91. The van der Waals surface area contributed by atoms with Crippen LogP contribution in [0.2, 0.25) is 0 Å². The number of anilines is 2. The molecule has 6 rings (SSSR count). The van der Waals surface area contributed by atoms with Crippen LogP contribution in [-0.2, 0) is 19.2 Å². The average Bonchev–Trinajstić information content (AvgIpc) is 3.39. The number of nitrogens with one attached hydrogen (secondary N) is 1. The molecule has 3 aliphatic heterocycles. The second-order valence-electron chi connectivity index (χ2n) is 8.92. The molecule has 0 aliphatic carbocycles. The predicted molar refractivity (Wildman–Crippen MR) is 127 cm³/mol. The van der Waals surface area contributed by atoms with E-state index >= 15 is 0 Å². The summed E-state index contributed by atoms with van der Waals surface area (Å²) in [5.74, 6) is 1.82. The second-order valence-corrected chi connectivity index (χ2v) is 11.5. The van der Waals surface area contributed by atoms with E-state index in [1.807, 2.05) is 19.1 Å². The number of benzene rings is 2. The number of fused-ring (bicyclic) bond motifs is 2. The molecule has 2 aromatic carbocycles. The Balaban J connectivity index is 1.33. The summed E-state index contributed by atoms with van der Waals surface area (Å²) >= 11 is 0. The first kappa shape index (κ1) is 21.7. The van der Waals surface area contributed by atoms with Gasteiger partial charge in [0.05, 0.1) is 39.3 Å². The standard InChI is InChI=1S/C24H25FN4O4S/c1-14-9-16(29-34(30)7-2-8-34)11-18-22(14)24(27-13-26-18)28-17-4-3-15(25)10-20(17)33-21-12-32-19-5-6-31-23(19)21/h3-4,9-11,13,19,21,23H,2,5-8,12H2,1H3,(H,26,27,28)/t19-,21-,23+/m1/s1. The van der Waals surface area contributed by atoms with E-state index in [1.165, 1.54) is 18.5 Å². The minimum Gasteiger partial charge on any atom is -0.483 e. The number of rotatable bonds is 5. The number of aromatic nitrogens is 2. The summed E-state index contributed by atoms with van der Waals surface area (Å²) in [6.45, 7) is 2.98. The molecular weight excluding hydrogens is 459 g/mol. The highest BCUT2D eigenvalue weighted by molar-refractivity contribution is 7.95. The number of aryl methyl sites for hydroxylation is 1. The Morgan fingerprint density at radius 2 is 2.09 bits per heavy atom. The van der Waals surface area contributed by atoms with Gasteiger partial charge in [-0.3, -0.25) is 0 Å². The van der Waals surface area contributed by atoms with Crippen LogP contribution in [0.5, 0.6) is 5.75 Å². The Labute approximate surface area is 197 Å². The van der Waals surface area contributed by atoms with Crippen molar-refractivity contribution in [2.75, 3.05) is 30.0 Å². The summed E-state index contributed by atoms with van der Waals surface area (Å²) < 4.78 is 48.9. The van der Waals surface area contributed by atoms with Crippen LogP contribution in [-0.4, -0.2) is 57.2 Å². The van der Waals surface area contributed by atoms with Gasteiger partial charge in [0.25, 0.3) is 0 Å². The molecule has 3 aromatic rings. The van der Waals surface area contributed by atoms with Gasteiger partial charge in [-0.15, -0.1) is 0 Å². The Morgan fingerprint density at radius 1 is 1.21 bits per heavy atom. The van der Waals surface area contributed by atoms with E-state index in [0.717, 1.165) is 23.8 Å². The number of hydrogen-bond acceptors (Lipinski definition) is 8. The van der Waals surface area contributed by atoms with Gasteiger partial charge in [-0.25, -0.2) is 18.6 Å². The topological polar surface area (TPSA) is 94.9 Å². The molecule has 3 fully saturated rings. The Bertz CT molecular complexity index is 1380. The van der Waals surface area contributed by atoms with E-state index < -0.39 is 15.5 Å². The van der Waals surface area contributed by atoms with E-state index in [2.05, 4.69) is 19.6 Å². The maximum Gasteiger partial charge on any atom is 0.151 e. The van der Waals surface area contributed by atoms with Crippen molar-refractivity contribution in [3.8, 4) is 5.75 Å². The van der Waals surface area contributed by atoms with Crippen molar-refractivity contribution in [3.63, 3.8) is 0 Å². The third kappa shape index (κ3) is 3.99. The van der Waals surface area contributed by atoms with Crippen molar-refractivity contribution in [1.82, 2.24) is 9.97 Å². The van der Waals surface area contributed by atoms with Gasteiger partial charge in [0.1, 0.15) is 29.8 Å². The minimum atomic E-state index is -2.12. The van der Waals surface area contributed by atoms with Crippen molar-refractivity contribution in [3.05, 3.63) is 48.0 Å². The van der Waals surface area contributed by atoms with E-state index in [0.29, 0.717) is 53.2 Å². The molecule has 0 radical (unpaired) electrons. The zero-order chi connectivity index (χ0) is 23.3. The molecule has 1 N–H and O–H groups in total. The minimum absolute atomic E-state index is 0.0260. The van der Waals surface area contributed by atoms with Gasteiger partial charge >= 0.3 is 0 Å². The summed E-state index contributed by atoms with van der Waals surface area (Å²) in [6.07, 6.45) is 2.82.